The van der Waals surface area contributed by atoms with Crippen LogP contribution in [-0.2, 0) is 5.41 Å². The Morgan fingerprint density at radius 3 is 2.19 bits per heavy atom. The molecule has 1 aromatic rings. The number of rotatable bonds is 3. The van der Waals surface area contributed by atoms with Crippen LogP contribution < -0.4 is 15.6 Å². The lowest BCUT2D eigenvalue weighted by atomic mass is 9.84. The Morgan fingerprint density at radius 1 is 1.12 bits per heavy atom. The van der Waals surface area contributed by atoms with E-state index in [-0.39, 0.29) is 11.5 Å². The summed E-state index contributed by atoms with van der Waals surface area (Å²) in [5.41, 5.74) is 7.89. The molecule has 0 atom stereocenters. The molecule has 1 fully saturated rings. The molecular formula is C13H20N2O. The molecule has 0 unspecified atom stereocenters. The normalized spacial score (nSPS) is 19.0. The van der Waals surface area contributed by atoms with Gasteiger partial charge in [-0.05, 0) is 31.5 Å². The molecule has 1 aliphatic rings. The smallest absolute Gasteiger partial charge is 0.119 e. The van der Waals surface area contributed by atoms with Crippen molar-refractivity contribution in [2.75, 3.05) is 13.1 Å². The topological polar surface area (TPSA) is 33.3 Å². The first kappa shape index (κ1) is 11.4. The minimum absolute atomic E-state index is 0.191. The van der Waals surface area contributed by atoms with Crippen molar-refractivity contribution in [3.05, 3.63) is 29.8 Å². The number of ether oxygens (including phenoxy) is 1. The molecule has 16 heavy (non-hydrogen) atoms. The van der Waals surface area contributed by atoms with E-state index in [2.05, 4.69) is 42.0 Å². The minimum atomic E-state index is 0.191. The van der Waals surface area contributed by atoms with Gasteiger partial charge in [0, 0.05) is 18.5 Å². The first-order valence-electron chi connectivity index (χ1n) is 5.83. The van der Waals surface area contributed by atoms with Crippen LogP contribution in [-0.4, -0.2) is 19.2 Å². The minimum Gasteiger partial charge on any atom is -0.491 e. The number of hydrazine groups is 1. The molecule has 3 nitrogen and oxygen atoms in total. The monoisotopic (exact) mass is 220 g/mol. The molecule has 3 heteroatoms. The van der Waals surface area contributed by atoms with Crippen LogP contribution in [0, 0.1) is 0 Å². The first-order valence-corrected chi connectivity index (χ1v) is 5.83. The predicted octanol–water partition coefficient (Wildman–Crippen LogP) is 1.84. The molecule has 88 valence electrons. The van der Waals surface area contributed by atoms with Crippen molar-refractivity contribution in [3.8, 4) is 5.75 Å². The van der Waals surface area contributed by atoms with E-state index in [1.54, 1.807) is 0 Å². The molecular weight excluding hydrogens is 200 g/mol. The Hall–Kier alpha value is -1.06. The molecule has 1 aliphatic heterocycles. The second kappa shape index (κ2) is 4.44. The molecule has 1 aromatic carbocycles. The van der Waals surface area contributed by atoms with E-state index < -0.39 is 0 Å². The van der Waals surface area contributed by atoms with Crippen LogP contribution in [0.5, 0.6) is 5.75 Å². The molecule has 0 aliphatic carbocycles. The zero-order valence-corrected chi connectivity index (χ0v) is 10.2. The third-order valence-electron chi connectivity index (χ3n) is 3.01. The maximum atomic E-state index is 5.63. The van der Waals surface area contributed by atoms with Gasteiger partial charge >= 0.3 is 0 Å². The predicted molar refractivity (Wildman–Crippen MR) is 65.6 cm³/mol. The van der Waals surface area contributed by atoms with Crippen molar-refractivity contribution in [2.24, 2.45) is 0 Å². The molecule has 1 heterocycles. The highest BCUT2D eigenvalue weighted by atomic mass is 16.5. The number of nitrogens with one attached hydrogen (secondary N) is 2. The van der Waals surface area contributed by atoms with Crippen LogP contribution in [0.25, 0.3) is 0 Å². The molecule has 0 radical (unpaired) electrons. The maximum absolute atomic E-state index is 5.63. The summed E-state index contributed by atoms with van der Waals surface area (Å²) in [6.07, 6.45) is 0.233. The van der Waals surface area contributed by atoms with Crippen molar-refractivity contribution in [3.63, 3.8) is 0 Å². The zero-order chi connectivity index (χ0) is 11.6. The Morgan fingerprint density at radius 2 is 1.69 bits per heavy atom. The first-order chi connectivity index (χ1) is 7.60. The third-order valence-corrected chi connectivity index (χ3v) is 3.01. The van der Waals surface area contributed by atoms with E-state index in [0.29, 0.717) is 0 Å². The average Bonchev–Trinajstić information content (AvgIpc) is 2.66. The summed E-state index contributed by atoms with van der Waals surface area (Å²) in [5.74, 6) is 0.946. The van der Waals surface area contributed by atoms with Gasteiger partial charge in [0.25, 0.3) is 0 Å². The molecule has 0 bridgehead atoms. The summed E-state index contributed by atoms with van der Waals surface area (Å²) in [5, 5.41) is 0. The van der Waals surface area contributed by atoms with Gasteiger partial charge in [0.05, 0.1) is 6.10 Å². The van der Waals surface area contributed by atoms with Gasteiger partial charge in [0.15, 0.2) is 0 Å². The molecule has 0 amide bonds. The highest BCUT2D eigenvalue weighted by molar-refractivity contribution is 5.33. The Labute approximate surface area is 97.2 Å². The van der Waals surface area contributed by atoms with Crippen molar-refractivity contribution in [1.82, 2.24) is 10.9 Å². The fraction of sp³-hybridized carbons (Fsp3) is 0.538. The Balaban J connectivity index is 2.12. The summed E-state index contributed by atoms with van der Waals surface area (Å²) in [6, 6.07) is 8.43. The fourth-order valence-electron chi connectivity index (χ4n) is 1.99. The molecule has 2 rings (SSSR count). The van der Waals surface area contributed by atoms with Crippen LogP contribution in [0.15, 0.2) is 24.3 Å². The number of hydrogen-bond donors (Lipinski definition) is 2. The molecule has 2 N–H and O–H groups in total. The van der Waals surface area contributed by atoms with Gasteiger partial charge in [0.1, 0.15) is 5.75 Å². The van der Waals surface area contributed by atoms with E-state index in [1.165, 1.54) is 5.56 Å². The van der Waals surface area contributed by atoms with Crippen LogP contribution in [0.1, 0.15) is 26.3 Å². The maximum Gasteiger partial charge on any atom is 0.119 e. The van der Waals surface area contributed by atoms with E-state index in [4.69, 9.17) is 4.74 Å². The molecule has 0 saturated carbocycles. The zero-order valence-electron chi connectivity index (χ0n) is 10.2. The van der Waals surface area contributed by atoms with Gasteiger partial charge in [-0.25, -0.2) is 0 Å². The van der Waals surface area contributed by atoms with Crippen molar-refractivity contribution in [1.29, 1.82) is 0 Å². The third kappa shape index (κ3) is 2.36. The quantitative estimate of drug-likeness (QED) is 0.815. The second-order valence-electron chi connectivity index (χ2n) is 4.96. The van der Waals surface area contributed by atoms with Gasteiger partial charge in [0.2, 0.25) is 0 Å². The lowest BCUT2D eigenvalue weighted by molar-refractivity contribution is 0.242. The molecule has 0 aromatic heterocycles. The summed E-state index contributed by atoms with van der Waals surface area (Å²) in [4.78, 5) is 0. The van der Waals surface area contributed by atoms with Crippen molar-refractivity contribution >= 4 is 0 Å². The largest absolute Gasteiger partial charge is 0.491 e. The SMILES string of the molecule is CC(C)Oc1ccc(C2(C)CNNC2)cc1. The van der Waals surface area contributed by atoms with E-state index in [9.17, 15) is 0 Å². The van der Waals surface area contributed by atoms with Crippen LogP contribution >= 0.6 is 0 Å². The Kier molecular flexibility index (Phi) is 3.17. The lowest BCUT2D eigenvalue weighted by Crippen LogP contribution is -2.27. The summed E-state index contributed by atoms with van der Waals surface area (Å²) >= 11 is 0. The molecule has 0 spiro atoms. The van der Waals surface area contributed by atoms with E-state index in [0.717, 1.165) is 18.8 Å². The van der Waals surface area contributed by atoms with Gasteiger partial charge in [-0.1, -0.05) is 19.1 Å². The summed E-state index contributed by atoms with van der Waals surface area (Å²) < 4.78 is 5.63. The van der Waals surface area contributed by atoms with Gasteiger partial charge < -0.3 is 4.74 Å². The average molecular weight is 220 g/mol. The van der Waals surface area contributed by atoms with Crippen LogP contribution in [0.3, 0.4) is 0 Å². The van der Waals surface area contributed by atoms with Crippen LogP contribution in [0.2, 0.25) is 0 Å². The van der Waals surface area contributed by atoms with E-state index >= 15 is 0 Å². The van der Waals surface area contributed by atoms with Gasteiger partial charge in [-0.15, -0.1) is 0 Å². The summed E-state index contributed by atoms with van der Waals surface area (Å²) in [7, 11) is 0. The number of hydrogen-bond acceptors (Lipinski definition) is 3. The van der Waals surface area contributed by atoms with E-state index in [1.807, 2.05) is 13.8 Å². The highest BCUT2D eigenvalue weighted by Gasteiger charge is 2.30. The van der Waals surface area contributed by atoms with Gasteiger partial charge in [-0.3, -0.25) is 10.9 Å². The van der Waals surface area contributed by atoms with Crippen molar-refractivity contribution < 1.29 is 4.74 Å². The van der Waals surface area contributed by atoms with Crippen LogP contribution in [0.4, 0.5) is 0 Å². The fourth-order valence-corrected chi connectivity index (χ4v) is 1.99. The lowest BCUT2D eigenvalue weighted by Gasteiger charge is -2.22. The van der Waals surface area contributed by atoms with Gasteiger partial charge in [-0.2, -0.15) is 0 Å². The molecule has 1 saturated heterocycles. The summed E-state index contributed by atoms with van der Waals surface area (Å²) in [6.45, 7) is 8.28. The second-order valence-corrected chi connectivity index (χ2v) is 4.96. The Bertz CT molecular complexity index is 339. The van der Waals surface area contributed by atoms with Crippen molar-refractivity contribution in [2.45, 2.75) is 32.3 Å². The number of benzene rings is 1. The standard InChI is InChI=1S/C13H20N2O/c1-10(2)16-12-6-4-11(5-7-12)13(3)8-14-15-9-13/h4-7,10,14-15H,8-9H2,1-3H3. The highest BCUT2D eigenvalue weighted by Crippen LogP contribution is 2.26.